The number of benzene rings is 1. The molecule has 5 nitrogen and oxygen atoms in total. The standard InChI is InChI=1S/C20H32N2O3/c1-3-24-18-12-7-8-13-19(18)25-16-20(23)21-14-9-15-22(2)17-10-5-4-6-11-17/h7-8,12-13,17H,3-6,9-11,14-16H2,1-2H3,(H,21,23). The normalized spacial score (nSPS) is 15.2. The van der Waals surface area contributed by atoms with Crippen LogP contribution in [0.5, 0.6) is 11.5 Å². The van der Waals surface area contributed by atoms with Gasteiger partial charge in [-0.1, -0.05) is 31.4 Å². The van der Waals surface area contributed by atoms with E-state index in [1.807, 2.05) is 31.2 Å². The lowest BCUT2D eigenvalue weighted by Crippen LogP contribution is -2.36. The molecule has 2 rings (SSSR count). The number of nitrogens with one attached hydrogen (secondary N) is 1. The molecule has 0 bridgehead atoms. The second-order valence-electron chi connectivity index (χ2n) is 6.64. The van der Waals surface area contributed by atoms with Crippen molar-refractivity contribution in [3.05, 3.63) is 24.3 Å². The number of carbonyl (C=O) groups is 1. The Kier molecular flexibility index (Phi) is 8.60. The number of nitrogens with zero attached hydrogens (tertiary/aromatic N) is 1. The Morgan fingerprint density at radius 3 is 2.52 bits per heavy atom. The van der Waals surface area contributed by atoms with Crippen LogP contribution in [0.4, 0.5) is 0 Å². The number of carbonyl (C=O) groups excluding carboxylic acids is 1. The van der Waals surface area contributed by atoms with Crippen molar-refractivity contribution in [2.75, 3.05) is 33.4 Å². The van der Waals surface area contributed by atoms with E-state index in [2.05, 4.69) is 17.3 Å². The molecule has 1 amide bonds. The van der Waals surface area contributed by atoms with Crippen LogP contribution < -0.4 is 14.8 Å². The number of para-hydroxylation sites is 2. The van der Waals surface area contributed by atoms with Gasteiger partial charge in [-0.2, -0.15) is 0 Å². The molecule has 0 radical (unpaired) electrons. The van der Waals surface area contributed by atoms with Gasteiger partial charge in [0, 0.05) is 12.6 Å². The minimum absolute atomic E-state index is 0.0164. The minimum atomic E-state index is -0.0911. The monoisotopic (exact) mass is 348 g/mol. The van der Waals surface area contributed by atoms with Crippen LogP contribution in [0, 0.1) is 0 Å². The molecule has 0 aromatic heterocycles. The van der Waals surface area contributed by atoms with Crippen molar-refractivity contribution in [2.45, 2.75) is 51.5 Å². The molecule has 1 aromatic rings. The third kappa shape index (κ3) is 6.94. The molecule has 0 aliphatic heterocycles. The SMILES string of the molecule is CCOc1ccccc1OCC(=O)NCCCN(C)C1CCCCC1. The smallest absolute Gasteiger partial charge is 0.257 e. The highest BCUT2D eigenvalue weighted by molar-refractivity contribution is 5.77. The van der Waals surface area contributed by atoms with Crippen molar-refractivity contribution in [3.8, 4) is 11.5 Å². The Balaban J connectivity index is 1.61. The Morgan fingerprint density at radius 2 is 1.84 bits per heavy atom. The fourth-order valence-corrected chi connectivity index (χ4v) is 3.30. The molecule has 0 heterocycles. The Morgan fingerprint density at radius 1 is 1.16 bits per heavy atom. The molecule has 1 fully saturated rings. The van der Waals surface area contributed by atoms with E-state index in [1.54, 1.807) is 0 Å². The first kappa shape index (κ1) is 19.6. The molecule has 0 unspecified atom stereocenters. The largest absolute Gasteiger partial charge is 0.490 e. The van der Waals surface area contributed by atoms with Gasteiger partial charge in [0.1, 0.15) is 0 Å². The third-order valence-corrected chi connectivity index (χ3v) is 4.72. The molecule has 0 atom stereocenters. The third-order valence-electron chi connectivity index (χ3n) is 4.72. The Labute approximate surface area is 151 Å². The molecule has 1 aliphatic carbocycles. The summed E-state index contributed by atoms with van der Waals surface area (Å²) in [5.41, 5.74) is 0. The first-order chi connectivity index (χ1) is 12.2. The van der Waals surface area contributed by atoms with E-state index in [0.717, 1.165) is 19.0 Å². The zero-order valence-electron chi connectivity index (χ0n) is 15.6. The first-order valence-electron chi connectivity index (χ1n) is 9.52. The summed E-state index contributed by atoms with van der Waals surface area (Å²) < 4.78 is 11.1. The van der Waals surface area contributed by atoms with Gasteiger partial charge in [-0.05, 0) is 51.9 Å². The lowest BCUT2D eigenvalue weighted by atomic mass is 9.94. The van der Waals surface area contributed by atoms with E-state index >= 15 is 0 Å². The summed E-state index contributed by atoms with van der Waals surface area (Å²) in [5, 5.41) is 2.93. The lowest BCUT2D eigenvalue weighted by Gasteiger charge is -2.31. The van der Waals surface area contributed by atoms with E-state index < -0.39 is 0 Å². The number of hydrogen-bond donors (Lipinski definition) is 1. The molecular formula is C20H32N2O3. The fourth-order valence-electron chi connectivity index (χ4n) is 3.30. The van der Waals surface area contributed by atoms with Crippen molar-refractivity contribution in [2.24, 2.45) is 0 Å². The van der Waals surface area contributed by atoms with E-state index in [1.165, 1.54) is 32.1 Å². The minimum Gasteiger partial charge on any atom is -0.490 e. The molecule has 0 spiro atoms. The molecular weight excluding hydrogens is 316 g/mol. The summed E-state index contributed by atoms with van der Waals surface area (Å²) >= 11 is 0. The molecule has 1 N–H and O–H groups in total. The van der Waals surface area contributed by atoms with Gasteiger partial charge < -0.3 is 19.7 Å². The molecule has 5 heteroatoms. The Hall–Kier alpha value is -1.75. The van der Waals surface area contributed by atoms with Gasteiger partial charge in [0.05, 0.1) is 6.61 Å². The Bertz CT molecular complexity index is 515. The molecule has 1 saturated carbocycles. The van der Waals surface area contributed by atoms with E-state index in [9.17, 15) is 4.79 Å². The van der Waals surface area contributed by atoms with Crippen LogP contribution in [0.3, 0.4) is 0 Å². The van der Waals surface area contributed by atoms with Crippen LogP contribution in [0.2, 0.25) is 0 Å². The highest BCUT2D eigenvalue weighted by Crippen LogP contribution is 2.26. The topological polar surface area (TPSA) is 50.8 Å². The maximum Gasteiger partial charge on any atom is 0.257 e. The van der Waals surface area contributed by atoms with Crippen LogP contribution in [-0.2, 0) is 4.79 Å². The first-order valence-corrected chi connectivity index (χ1v) is 9.52. The van der Waals surface area contributed by atoms with Gasteiger partial charge in [0.25, 0.3) is 5.91 Å². The maximum absolute atomic E-state index is 11.9. The van der Waals surface area contributed by atoms with Crippen LogP contribution in [0.25, 0.3) is 0 Å². The average Bonchev–Trinajstić information content (AvgIpc) is 2.65. The van der Waals surface area contributed by atoms with Gasteiger partial charge in [0.2, 0.25) is 0 Å². The quantitative estimate of drug-likeness (QED) is 0.660. The number of amides is 1. The highest BCUT2D eigenvalue weighted by atomic mass is 16.5. The predicted octanol–water partition coefficient (Wildman–Crippen LogP) is 3.23. The van der Waals surface area contributed by atoms with Crippen molar-refractivity contribution >= 4 is 5.91 Å². The summed E-state index contributed by atoms with van der Waals surface area (Å²) in [6.45, 7) is 4.22. The van der Waals surface area contributed by atoms with Gasteiger partial charge >= 0.3 is 0 Å². The number of hydrogen-bond acceptors (Lipinski definition) is 4. The van der Waals surface area contributed by atoms with Gasteiger partial charge in [-0.15, -0.1) is 0 Å². The molecule has 25 heavy (non-hydrogen) atoms. The number of ether oxygens (including phenoxy) is 2. The lowest BCUT2D eigenvalue weighted by molar-refractivity contribution is -0.123. The summed E-state index contributed by atoms with van der Waals surface area (Å²) in [7, 11) is 2.20. The summed E-state index contributed by atoms with van der Waals surface area (Å²) in [6.07, 6.45) is 7.69. The van der Waals surface area contributed by atoms with Crippen molar-refractivity contribution in [1.29, 1.82) is 0 Å². The van der Waals surface area contributed by atoms with Crippen LogP contribution in [-0.4, -0.2) is 50.2 Å². The van der Waals surface area contributed by atoms with Crippen molar-refractivity contribution in [1.82, 2.24) is 10.2 Å². The number of rotatable bonds is 10. The van der Waals surface area contributed by atoms with Gasteiger partial charge in [0.15, 0.2) is 18.1 Å². The van der Waals surface area contributed by atoms with Crippen molar-refractivity contribution < 1.29 is 14.3 Å². The summed E-state index contributed by atoms with van der Waals surface area (Å²) in [6, 6.07) is 8.15. The summed E-state index contributed by atoms with van der Waals surface area (Å²) in [5.74, 6) is 1.19. The van der Waals surface area contributed by atoms with Crippen LogP contribution in [0.1, 0.15) is 45.4 Å². The second kappa shape index (κ2) is 11.0. The van der Waals surface area contributed by atoms with E-state index in [4.69, 9.17) is 9.47 Å². The summed E-state index contributed by atoms with van der Waals surface area (Å²) in [4.78, 5) is 14.4. The zero-order valence-corrected chi connectivity index (χ0v) is 15.6. The maximum atomic E-state index is 11.9. The molecule has 0 saturated heterocycles. The van der Waals surface area contributed by atoms with Crippen LogP contribution >= 0.6 is 0 Å². The fraction of sp³-hybridized carbons (Fsp3) is 0.650. The van der Waals surface area contributed by atoms with E-state index in [0.29, 0.717) is 24.7 Å². The average molecular weight is 348 g/mol. The molecule has 140 valence electrons. The van der Waals surface area contributed by atoms with Crippen LogP contribution in [0.15, 0.2) is 24.3 Å². The molecule has 1 aromatic carbocycles. The zero-order chi connectivity index (χ0) is 17.9. The van der Waals surface area contributed by atoms with E-state index in [-0.39, 0.29) is 12.5 Å². The predicted molar refractivity (Wildman–Crippen MR) is 100 cm³/mol. The highest BCUT2D eigenvalue weighted by Gasteiger charge is 2.17. The van der Waals surface area contributed by atoms with Gasteiger partial charge in [-0.25, -0.2) is 0 Å². The van der Waals surface area contributed by atoms with Gasteiger partial charge in [-0.3, -0.25) is 4.79 Å². The molecule has 1 aliphatic rings. The van der Waals surface area contributed by atoms with Crippen molar-refractivity contribution in [3.63, 3.8) is 0 Å². The second-order valence-corrected chi connectivity index (χ2v) is 6.64.